The minimum Gasteiger partial charge on any atom is -0.310 e. The number of rotatable bonds is 5. The molecule has 0 aromatic carbocycles. The Kier molecular flexibility index (Phi) is 4.03. The monoisotopic (exact) mass is 275 g/mol. The SMILES string of the molecule is FC(F)(F)c1cnn(CCNCc2cccs2)c1. The van der Waals surface area contributed by atoms with Crippen LogP contribution in [0.15, 0.2) is 29.9 Å². The van der Waals surface area contributed by atoms with E-state index in [0.29, 0.717) is 13.1 Å². The highest BCUT2D eigenvalue weighted by Gasteiger charge is 2.31. The first-order valence-electron chi connectivity index (χ1n) is 5.38. The number of nitrogens with zero attached hydrogens (tertiary/aromatic N) is 2. The normalized spacial score (nSPS) is 11.9. The Labute approximate surface area is 106 Å². The summed E-state index contributed by atoms with van der Waals surface area (Å²) in [4.78, 5) is 1.20. The summed E-state index contributed by atoms with van der Waals surface area (Å²) >= 11 is 1.64. The van der Waals surface area contributed by atoms with Gasteiger partial charge in [0.15, 0.2) is 0 Å². The fourth-order valence-corrected chi connectivity index (χ4v) is 2.13. The molecule has 0 saturated heterocycles. The van der Waals surface area contributed by atoms with Crippen LogP contribution in [0.2, 0.25) is 0 Å². The fourth-order valence-electron chi connectivity index (χ4n) is 1.45. The quantitative estimate of drug-likeness (QED) is 0.850. The Morgan fingerprint density at radius 3 is 2.83 bits per heavy atom. The summed E-state index contributed by atoms with van der Waals surface area (Å²) in [5, 5.41) is 8.82. The van der Waals surface area contributed by atoms with Gasteiger partial charge in [0.1, 0.15) is 0 Å². The van der Waals surface area contributed by atoms with Crippen LogP contribution in [0.25, 0.3) is 0 Å². The zero-order chi connectivity index (χ0) is 13.0. The number of thiophene rings is 1. The van der Waals surface area contributed by atoms with Crippen LogP contribution in [0.5, 0.6) is 0 Å². The molecule has 0 bridgehead atoms. The average molecular weight is 275 g/mol. The molecular weight excluding hydrogens is 263 g/mol. The third-order valence-corrected chi connectivity index (χ3v) is 3.23. The number of hydrogen-bond donors (Lipinski definition) is 1. The summed E-state index contributed by atoms with van der Waals surface area (Å²) in [6, 6.07) is 3.97. The van der Waals surface area contributed by atoms with Crippen LogP contribution in [0.4, 0.5) is 13.2 Å². The van der Waals surface area contributed by atoms with Crippen molar-refractivity contribution in [1.29, 1.82) is 0 Å². The van der Waals surface area contributed by atoms with Crippen molar-refractivity contribution < 1.29 is 13.2 Å². The highest BCUT2D eigenvalue weighted by Crippen LogP contribution is 2.28. The van der Waals surface area contributed by atoms with Crippen molar-refractivity contribution in [3.8, 4) is 0 Å². The van der Waals surface area contributed by atoms with Gasteiger partial charge < -0.3 is 5.32 Å². The van der Waals surface area contributed by atoms with Gasteiger partial charge in [0, 0.05) is 24.2 Å². The van der Waals surface area contributed by atoms with Gasteiger partial charge in [-0.2, -0.15) is 18.3 Å². The van der Waals surface area contributed by atoms with Gasteiger partial charge in [-0.05, 0) is 11.4 Å². The lowest BCUT2D eigenvalue weighted by Gasteiger charge is -2.04. The predicted octanol–water partition coefficient (Wildman–Crippen LogP) is 2.75. The summed E-state index contributed by atoms with van der Waals surface area (Å²) in [6.07, 6.45) is -2.45. The van der Waals surface area contributed by atoms with Crippen molar-refractivity contribution in [3.05, 3.63) is 40.3 Å². The Morgan fingerprint density at radius 2 is 2.22 bits per heavy atom. The van der Waals surface area contributed by atoms with E-state index >= 15 is 0 Å². The molecular formula is C11H12F3N3S. The minimum atomic E-state index is -4.32. The van der Waals surface area contributed by atoms with E-state index in [9.17, 15) is 13.2 Å². The van der Waals surface area contributed by atoms with Gasteiger partial charge in [0.2, 0.25) is 0 Å². The van der Waals surface area contributed by atoms with Crippen molar-refractivity contribution in [2.75, 3.05) is 6.54 Å². The van der Waals surface area contributed by atoms with Crippen LogP contribution in [0, 0.1) is 0 Å². The second kappa shape index (κ2) is 5.53. The number of halogens is 3. The predicted molar refractivity (Wildman–Crippen MR) is 63.3 cm³/mol. The molecule has 18 heavy (non-hydrogen) atoms. The lowest BCUT2D eigenvalue weighted by atomic mass is 10.4. The van der Waals surface area contributed by atoms with E-state index in [1.165, 1.54) is 9.56 Å². The van der Waals surface area contributed by atoms with E-state index < -0.39 is 11.7 Å². The summed E-state index contributed by atoms with van der Waals surface area (Å²) in [6.45, 7) is 1.73. The number of hydrogen-bond acceptors (Lipinski definition) is 3. The van der Waals surface area contributed by atoms with Crippen LogP contribution in [0.3, 0.4) is 0 Å². The first-order valence-corrected chi connectivity index (χ1v) is 6.26. The van der Waals surface area contributed by atoms with Crippen LogP contribution < -0.4 is 5.32 Å². The zero-order valence-electron chi connectivity index (χ0n) is 9.44. The average Bonchev–Trinajstić information content (AvgIpc) is 2.95. The number of aromatic nitrogens is 2. The smallest absolute Gasteiger partial charge is 0.310 e. The summed E-state index contributed by atoms with van der Waals surface area (Å²) in [5.74, 6) is 0. The molecule has 0 aliphatic carbocycles. The highest BCUT2D eigenvalue weighted by atomic mass is 32.1. The molecule has 1 N–H and O–H groups in total. The molecule has 98 valence electrons. The first-order chi connectivity index (χ1) is 8.55. The molecule has 2 aromatic rings. The van der Waals surface area contributed by atoms with Gasteiger partial charge >= 0.3 is 6.18 Å². The lowest BCUT2D eigenvalue weighted by molar-refractivity contribution is -0.137. The first kappa shape index (κ1) is 13.1. The lowest BCUT2D eigenvalue weighted by Crippen LogP contribution is -2.19. The van der Waals surface area contributed by atoms with Gasteiger partial charge in [0.05, 0.1) is 18.3 Å². The molecule has 0 spiro atoms. The van der Waals surface area contributed by atoms with Gasteiger partial charge in [-0.3, -0.25) is 4.68 Å². The van der Waals surface area contributed by atoms with Crippen molar-refractivity contribution in [1.82, 2.24) is 15.1 Å². The molecule has 0 amide bonds. The molecule has 0 aliphatic heterocycles. The molecule has 2 aromatic heterocycles. The van der Waals surface area contributed by atoms with E-state index in [0.717, 1.165) is 18.9 Å². The molecule has 2 heterocycles. The molecule has 0 aliphatic rings. The van der Waals surface area contributed by atoms with E-state index in [1.54, 1.807) is 11.3 Å². The van der Waals surface area contributed by atoms with Crippen LogP contribution in [-0.2, 0) is 19.3 Å². The molecule has 0 atom stereocenters. The molecule has 0 radical (unpaired) electrons. The maximum Gasteiger partial charge on any atom is 0.419 e. The van der Waals surface area contributed by atoms with Crippen LogP contribution >= 0.6 is 11.3 Å². The van der Waals surface area contributed by atoms with Gasteiger partial charge in [0.25, 0.3) is 0 Å². The van der Waals surface area contributed by atoms with Crippen LogP contribution in [-0.4, -0.2) is 16.3 Å². The topological polar surface area (TPSA) is 29.9 Å². The molecule has 0 unspecified atom stereocenters. The number of alkyl halides is 3. The fraction of sp³-hybridized carbons (Fsp3) is 0.364. The van der Waals surface area contributed by atoms with Crippen molar-refractivity contribution >= 4 is 11.3 Å². The third kappa shape index (κ3) is 3.58. The second-order valence-electron chi connectivity index (χ2n) is 3.75. The Hall–Kier alpha value is -1.34. The molecule has 2 rings (SSSR count). The van der Waals surface area contributed by atoms with Gasteiger partial charge in [-0.1, -0.05) is 6.07 Å². The van der Waals surface area contributed by atoms with E-state index in [2.05, 4.69) is 10.4 Å². The molecule has 7 heteroatoms. The summed E-state index contributed by atoms with van der Waals surface area (Å²) in [5.41, 5.74) is -0.708. The van der Waals surface area contributed by atoms with Crippen molar-refractivity contribution in [2.24, 2.45) is 0 Å². The zero-order valence-corrected chi connectivity index (χ0v) is 10.3. The molecule has 0 saturated carbocycles. The standard InChI is InChI=1S/C11H12F3N3S/c12-11(13,14)9-6-16-17(8-9)4-3-15-7-10-2-1-5-18-10/h1-2,5-6,8,15H,3-4,7H2. The summed E-state index contributed by atoms with van der Waals surface area (Å²) in [7, 11) is 0. The third-order valence-electron chi connectivity index (χ3n) is 2.36. The van der Waals surface area contributed by atoms with Crippen molar-refractivity contribution in [2.45, 2.75) is 19.3 Å². The van der Waals surface area contributed by atoms with E-state index in [-0.39, 0.29) is 0 Å². The Morgan fingerprint density at radius 1 is 1.39 bits per heavy atom. The van der Waals surface area contributed by atoms with Gasteiger partial charge in [-0.25, -0.2) is 0 Å². The number of nitrogens with one attached hydrogen (secondary N) is 1. The largest absolute Gasteiger partial charge is 0.419 e. The highest BCUT2D eigenvalue weighted by molar-refractivity contribution is 7.09. The maximum absolute atomic E-state index is 12.3. The molecule has 3 nitrogen and oxygen atoms in total. The van der Waals surface area contributed by atoms with Gasteiger partial charge in [-0.15, -0.1) is 11.3 Å². The maximum atomic E-state index is 12.3. The second-order valence-corrected chi connectivity index (χ2v) is 4.78. The summed E-state index contributed by atoms with van der Waals surface area (Å²) < 4.78 is 38.2. The Balaban J connectivity index is 1.75. The minimum absolute atomic E-state index is 0.418. The van der Waals surface area contributed by atoms with E-state index in [4.69, 9.17) is 0 Å². The Bertz CT molecular complexity index is 476. The van der Waals surface area contributed by atoms with Crippen LogP contribution in [0.1, 0.15) is 10.4 Å². The molecule has 0 fully saturated rings. The van der Waals surface area contributed by atoms with Crippen molar-refractivity contribution in [3.63, 3.8) is 0 Å². The van der Waals surface area contributed by atoms with E-state index in [1.807, 2.05) is 17.5 Å².